The van der Waals surface area contributed by atoms with Crippen LogP contribution < -0.4 is 5.32 Å². The fourth-order valence-corrected chi connectivity index (χ4v) is 2.99. The van der Waals surface area contributed by atoms with Crippen molar-refractivity contribution in [1.29, 1.82) is 0 Å². The van der Waals surface area contributed by atoms with Crippen LogP contribution in [0.1, 0.15) is 5.56 Å². The Balaban J connectivity index is 1.63. The van der Waals surface area contributed by atoms with Crippen LogP contribution in [0.5, 0.6) is 0 Å². The average Bonchev–Trinajstić information content (AvgIpc) is 3.16. The number of anilines is 2. The van der Waals surface area contributed by atoms with E-state index in [0.29, 0.717) is 12.4 Å². The minimum absolute atomic E-state index is 0.651. The molecule has 6 heteroatoms. The first kappa shape index (κ1) is 14.7. The highest BCUT2D eigenvalue weighted by Gasteiger charge is 2.12. The second-order valence-electron chi connectivity index (χ2n) is 6.02. The minimum atomic E-state index is 0.651. The van der Waals surface area contributed by atoms with Crippen LogP contribution >= 0.6 is 0 Å². The highest BCUT2D eigenvalue weighted by atomic mass is 15.1. The van der Waals surface area contributed by atoms with Crippen LogP contribution in [0.4, 0.5) is 17.2 Å². The maximum atomic E-state index is 4.76. The van der Waals surface area contributed by atoms with E-state index in [2.05, 4.69) is 20.5 Å². The summed E-state index contributed by atoms with van der Waals surface area (Å²) < 4.78 is 0. The van der Waals surface area contributed by atoms with Gasteiger partial charge < -0.3 is 5.32 Å². The molecular weight excluding hydrogens is 324 g/mol. The number of nitrogens with zero attached hydrogens (tertiary/aromatic N) is 5. The van der Waals surface area contributed by atoms with Crippen molar-refractivity contribution < 1.29 is 0 Å². The summed E-state index contributed by atoms with van der Waals surface area (Å²) in [4.78, 5) is 13.5. The lowest BCUT2D eigenvalue weighted by Crippen LogP contribution is -1.99. The van der Waals surface area contributed by atoms with Gasteiger partial charge in [0, 0.05) is 34.6 Å². The van der Waals surface area contributed by atoms with Crippen LogP contribution in [-0.2, 0) is 6.54 Å². The summed E-state index contributed by atoms with van der Waals surface area (Å²) in [6.45, 7) is 0.651. The van der Waals surface area contributed by atoms with Gasteiger partial charge in [-0.25, -0.2) is 9.97 Å². The maximum Gasteiger partial charge on any atom is 0.162 e. The van der Waals surface area contributed by atoms with Gasteiger partial charge in [0.05, 0.1) is 17.7 Å². The van der Waals surface area contributed by atoms with Gasteiger partial charge in [0.15, 0.2) is 5.82 Å². The SMILES string of the molecule is c1ccc2c(Nc3ccc4c(c3)N=NC4)nc(-c3ccncc3)nc2c1. The average molecular weight is 338 g/mol. The molecule has 4 aromatic rings. The quantitative estimate of drug-likeness (QED) is 0.568. The van der Waals surface area contributed by atoms with Gasteiger partial charge >= 0.3 is 0 Å². The van der Waals surface area contributed by atoms with E-state index in [-0.39, 0.29) is 0 Å². The largest absolute Gasteiger partial charge is 0.340 e. The maximum absolute atomic E-state index is 4.76. The third-order valence-electron chi connectivity index (χ3n) is 4.31. The molecule has 124 valence electrons. The molecule has 26 heavy (non-hydrogen) atoms. The number of nitrogens with one attached hydrogen (secondary N) is 1. The molecule has 1 N–H and O–H groups in total. The highest BCUT2D eigenvalue weighted by molar-refractivity contribution is 5.92. The van der Waals surface area contributed by atoms with Gasteiger partial charge in [0.1, 0.15) is 5.82 Å². The Hall–Kier alpha value is -3.67. The molecule has 0 unspecified atom stereocenters. The van der Waals surface area contributed by atoms with Crippen LogP contribution in [-0.4, -0.2) is 15.0 Å². The summed E-state index contributed by atoms with van der Waals surface area (Å²) in [5, 5.41) is 12.6. The first-order valence-corrected chi connectivity index (χ1v) is 8.31. The molecular formula is C20H14N6. The monoisotopic (exact) mass is 338 g/mol. The van der Waals surface area contributed by atoms with Crippen molar-refractivity contribution in [1.82, 2.24) is 15.0 Å². The van der Waals surface area contributed by atoms with Gasteiger partial charge in [0.25, 0.3) is 0 Å². The summed E-state index contributed by atoms with van der Waals surface area (Å²) in [6, 6.07) is 17.8. The van der Waals surface area contributed by atoms with Crippen LogP contribution in [0.2, 0.25) is 0 Å². The van der Waals surface area contributed by atoms with Gasteiger partial charge in [-0.1, -0.05) is 18.2 Å². The van der Waals surface area contributed by atoms with E-state index in [1.54, 1.807) is 12.4 Å². The molecule has 0 bridgehead atoms. The number of benzene rings is 2. The third-order valence-corrected chi connectivity index (χ3v) is 4.31. The first-order valence-electron chi connectivity index (χ1n) is 8.31. The van der Waals surface area contributed by atoms with E-state index in [1.165, 1.54) is 0 Å². The summed E-state index contributed by atoms with van der Waals surface area (Å²) >= 11 is 0. The number of rotatable bonds is 3. The fraction of sp³-hybridized carbons (Fsp3) is 0.0500. The second kappa shape index (κ2) is 6.00. The predicted molar refractivity (Wildman–Crippen MR) is 101 cm³/mol. The standard InChI is InChI=1S/C20H14N6/c1-2-4-17-16(3-1)20(25-19(24-17)13-7-9-21-10-8-13)23-15-6-5-14-12-22-26-18(14)11-15/h1-11H,12H2,(H,23,24,25). The molecule has 1 aliphatic heterocycles. The molecule has 0 saturated heterocycles. The van der Waals surface area contributed by atoms with Gasteiger partial charge in [-0.15, -0.1) is 0 Å². The molecule has 0 atom stereocenters. The molecule has 0 radical (unpaired) electrons. The zero-order chi connectivity index (χ0) is 17.3. The van der Waals surface area contributed by atoms with Crippen LogP contribution in [0, 0.1) is 0 Å². The van der Waals surface area contributed by atoms with E-state index in [0.717, 1.165) is 39.2 Å². The van der Waals surface area contributed by atoms with E-state index in [4.69, 9.17) is 9.97 Å². The van der Waals surface area contributed by atoms with Crippen LogP contribution in [0.3, 0.4) is 0 Å². The van der Waals surface area contributed by atoms with Crippen LogP contribution in [0.15, 0.2) is 77.2 Å². The molecule has 0 fully saturated rings. The summed E-state index contributed by atoms with van der Waals surface area (Å²) in [5.74, 6) is 1.42. The van der Waals surface area contributed by atoms with Gasteiger partial charge in [0.2, 0.25) is 0 Å². The Morgan fingerprint density at radius 2 is 1.77 bits per heavy atom. The van der Waals surface area contributed by atoms with E-state index in [9.17, 15) is 0 Å². The molecule has 0 saturated carbocycles. The van der Waals surface area contributed by atoms with Gasteiger partial charge in [-0.05, 0) is 36.4 Å². The third kappa shape index (κ3) is 2.57. The zero-order valence-corrected chi connectivity index (χ0v) is 13.8. The number of pyridine rings is 1. The Labute approximate surface area is 149 Å². The molecule has 3 heterocycles. The molecule has 0 amide bonds. The Bertz CT molecular complexity index is 1140. The normalized spacial score (nSPS) is 12.3. The predicted octanol–water partition coefficient (Wildman–Crippen LogP) is 5.03. The number of fused-ring (bicyclic) bond motifs is 2. The van der Waals surface area contributed by atoms with Crippen LogP contribution in [0.25, 0.3) is 22.3 Å². The lowest BCUT2D eigenvalue weighted by Gasteiger charge is -2.11. The number of hydrogen-bond donors (Lipinski definition) is 1. The summed E-state index contributed by atoms with van der Waals surface area (Å²) in [7, 11) is 0. The lowest BCUT2D eigenvalue weighted by atomic mass is 10.1. The van der Waals surface area contributed by atoms with Crippen molar-refractivity contribution >= 4 is 28.1 Å². The topological polar surface area (TPSA) is 75.4 Å². The molecule has 0 spiro atoms. The molecule has 5 rings (SSSR count). The van der Waals surface area contributed by atoms with Crippen molar-refractivity contribution in [3.05, 3.63) is 72.6 Å². The number of para-hydroxylation sites is 1. The first-order chi connectivity index (χ1) is 12.9. The molecule has 0 aliphatic carbocycles. The Morgan fingerprint density at radius 1 is 0.885 bits per heavy atom. The van der Waals surface area contributed by atoms with Crippen molar-refractivity contribution in [2.24, 2.45) is 10.2 Å². The van der Waals surface area contributed by atoms with E-state index in [1.807, 2.05) is 54.6 Å². The smallest absolute Gasteiger partial charge is 0.162 e. The number of azo groups is 1. The number of hydrogen-bond acceptors (Lipinski definition) is 6. The van der Waals surface area contributed by atoms with Crippen molar-refractivity contribution in [3.63, 3.8) is 0 Å². The Kier molecular flexibility index (Phi) is 3.38. The van der Waals surface area contributed by atoms with E-state index < -0.39 is 0 Å². The van der Waals surface area contributed by atoms with Crippen molar-refractivity contribution in [2.45, 2.75) is 6.54 Å². The second-order valence-corrected chi connectivity index (χ2v) is 6.02. The number of aromatic nitrogens is 3. The van der Waals surface area contributed by atoms with Crippen molar-refractivity contribution in [3.8, 4) is 11.4 Å². The summed E-state index contributed by atoms with van der Waals surface area (Å²) in [5.41, 5.74) is 4.78. The van der Waals surface area contributed by atoms with E-state index >= 15 is 0 Å². The fourth-order valence-electron chi connectivity index (χ4n) is 2.99. The highest BCUT2D eigenvalue weighted by Crippen LogP contribution is 2.32. The molecule has 2 aromatic carbocycles. The van der Waals surface area contributed by atoms with Gasteiger partial charge in [-0.2, -0.15) is 10.2 Å². The van der Waals surface area contributed by atoms with Gasteiger partial charge in [-0.3, -0.25) is 4.98 Å². The zero-order valence-electron chi connectivity index (χ0n) is 13.8. The van der Waals surface area contributed by atoms with Crippen molar-refractivity contribution in [2.75, 3.05) is 5.32 Å². The Morgan fingerprint density at radius 3 is 2.69 bits per heavy atom. The molecule has 6 nitrogen and oxygen atoms in total. The molecule has 1 aliphatic rings. The summed E-state index contributed by atoms with van der Waals surface area (Å²) in [6.07, 6.45) is 3.49. The lowest BCUT2D eigenvalue weighted by molar-refractivity contribution is 1.04. The minimum Gasteiger partial charge on any atom is -0.340 e. The molecule has 2 aromatic heterocycles.